The van der Waals surface area contributed by atoms with E-state index in [1.807, 2.05) is 6.21 Å². The molecule has 0 saturated carbocycles. The number of carbonyl (C=O) groups excluding carboxylic acids is 1. The van der Waals surface area contributed by atoms with E-state index in [4.69, 9.17) is 0 Å². The van der Waals surface area contributed by atoms with Crippen LogP contribution in [-0.4, -0.2) is 12.2 Å². The second kappa shape index (κ2) is 6.00. The predicted octanol–water partition coefficient (Wildman–Crippen LogP) is 1.80. The van der Waals surface area contributed by atoms with Gasteiger partial charge in [0.2, 0.25) is 0 Å². The summed E-state index contributed by atoms with van der Waals surface area (Å²) in [7, 11) is 0. The molecule has 4 nitrogen and oxygen atoms in total. The zero-order valence-electron chi connectivity index (χ0n) is 10.0. The number of rotatable bonds is 4. The van der Waals surface area contributed by atoms with E-state index in [0.29, 0.717) is 5.92 Å². The summed E-state index contributed by atoms with van der Waals surface area (Å²) in [4.78, 5) is 10.6. The molecule has 0 aliphatic heterocycles. The highest BCUT2D eigenvalue weighted by Gasteiger charge is 2.05. The number of anilines is 1. The first-order valence-electron chi connectivity index (χ1n) is 6.01. The Hall–Kier alpha value is -2.10. The first-order chi connectivity index (χ1) is 8.75. The van der Waals surface area contributed by atoms with Crippen LogP contribution in [0.2, 0.25) is 0 Å². The quantitative estimate of drug-likeness (QED) is 0.498. The SMILES string of the molecule is O=C([O-])c1ccc(N/N=C\[C@H]2CC=CCC2)cc1. The number of aromatic carboxylic acids is 1. The molecule has 0 spiro atoms. The van der Waals surface area contributed by atoms with Crippen LogP contribution in [0.25, 0.3) is 0 Å². The van der Waals surface area contributed by atoms with Gasteiger partial charge in [0.25, 0.3) is 0 Å². The van der Waals surface area contributed by atoms with E-state index in [0.717, 1.165) is 24.9 Å². The number of carboxylic acid groups (broad SMARTS) is 1. The third-order valence-corrected chi connectivity index (χ3v) is 2.91. The molecular weight excluding hydrogens is 228 g/mol. The Kier molecular flexibility index (Phi) is 4.12. The number of nitrogens with zero attached hydrogens (tertiary/aromatic N) is 1. The van der Waals surface area contributed by atoms with E-state index in [9.17, 15) is 9.90 Å². The average Bonchev–Trinajstić information content (AvgIpc) is 2.40. The number of nitrogens with one attached hydrogen (secondary N) is 1. The minimum absolute atomic E-state index is 0.168. The zero-order valence-corrected chi connectivity index (χ0v) is 10.0. The molecule has 4 heteroatoms. The van der Waals surface area contributed by atoms with Gasteiger partial charge in [-0.15, -0.1) is 0 Å². The van der Waals surface area contributed by atoms with E-state index >= 15 is 0 Å². The van der Waals surface area contributed by atoms with Crippen molar-refractivity contribution in [3.05, 3.63) is 42.0 Å². The molecule has 1 aliphatic carbocycles. The lowest BCUT2D eigenvalue weighted by atomic mass is 9.96. The van der Waals surface area contributed by atoms with Crippen molar-refractivity contribution in [2.24, 2.45) is 11.0 Å². The van der Waals surface area contributed by atoms with E-state index < -0.39 is 5.97 Å². The molecule has 0 saturated heterocycles. The molecule has 1 aromatic rings. The molecule has 94 valence electrons. The Morgan fingerprint density at radius 2 is 2.11 bits per heavy atom. The standard InChI is InChI=1S/C14H16N2O2/c17-14(18)12-6-8-13(9-7-12)16-15-10-11-4-2-1-3-5-11/h1-2,6-11,16H,3-5H2,(H,17,18)/p-1/b15-10-/t11-/m0/s1. The molecule has 1 atom stereocenters. The summed E-state index contributed by atoms with van der Waals surface area (Å²) in [6.45, 7) is 0. The molecule has 0 fully saturated rings. The summed E-state index contributed by atoms with van der Waals surface area (Å²) in [5.74, 6) is -0.677. The van der Waals surface area contributed by atoms with Crippen molar-refractivity contribution >= 4 is 17.9 Å². The zero-order chi connectivity index (χ0) is 12.8. The van der Waals surface area contributed by atoms with E-state index in [2.05, 4.69) is 22.7 Å². The molecule has 0 bridgehead atoms. The third-order valence-electron chi connectivity index (χ3n) is 2.91. The van der Waals surface area contributed by atoms with Crippen molar-refractivity contribution in [2.75, 3.05) is 5.43 Å². The van der Waals surface area contributed by atoms with Gasteiger partial charge in [0.05, 0.1) is 11.7 Å². The van der Waals surface area contributed by atoms with Gasteiger partial charge in [0.15, 0.2) is 0 Å². The van der Waals surface area contributed by atoms with Crippen LogP contribution in [0.5, 0.6) is 0 Å². The van der Waals surface area contributed by atoms with Gasteiger partial charge in [-0.1, -0.05) is 24.3 Å². The Morgan fingerprint density at radius 1 is 1.33 bits per heavy atom. The number of hydrazone groups is 1. The highest BCUT2D eigenvalue weighted by atomic mass is 16.4. The second-order valence-corrected chi connectivity index (χ2v) is 4.30. The largest absolute Gasteiger partial charge is 0.545 e. The van der Waals surface area contributed by atoms with Crippen LogP contribution in [0.1, 0.15) is 29.6 Å². The van der Waals surface area contributed by atoms with E-state index in [1.165, 1.54) is 12.1 Å². The predicted molar refractivity (Wildman–Crippen MR) is 69.4 cm³/mol. The van der Waals surface area contributed by atoms with Gasteiger partial charge in [0, 0.05) is 6.21 Å². The average molecular weight is 243 g/mol. The Morgan fingerprint density at radius 3 is 2.72 bits per heavy atom. The van der Waals surface area contributed by atoms with Gasteiger partial charge in [-0.3, -0.25) is 5.43 Å². The van der Waals surface area contributed by atoms with Crippen molar-refractivity contribution in [1.29, 1.82) is 0 Å². The first-order valence-corrected chi connectivity index (χ1v) is 6.01. The smallest absolute Gasteiger partial charge is 0.0715 e. The summed E-state index contributed by atoms with van der Waals surface area (Å²) in [6, 6.07) is 6.33. The molecule has 0 amide bonds. The fraction of sp³-hybridized carbons (Fsp3) is 0.286. The fourth-order valence-electron chi connectivity index (χ4n) is 1.85. The first kappa shape index (κ1) is 12.4. The van der Waals surface area contributed by atoms with Crippen LogP contribution in [0.4, 0.5) is 5.69 Å². The lowest BCUT2D eigenvalue weighted by Crippen LogP contribution is -2.21. The molecular formula is C14H15N2O2-. The maximum Gasteiger partial charge on any atom is 0.0715 e. The number of hydrogen-bond donors (Lipinski definition) is 1. The molecule has 0 radical (unpaired) electrons. The van der Waals surface area contributed by atoms with E-state index in [1.54, 1.807) is 12.1 Å². The minimum atomic E-state index is -1.17. The summed E-state index contributed by atoms with van der Waals surface area (Å²) in [5.41, 5.74) is 3.82. The molecule has 0 aromatic heterocycles. The van der Waals surface area contributed by atoms with Gasteiger partial charge in [-0.05, 0) is 42.9 Å². The highest BCUT2D eigenvalue weighted by Crippen LogP contribution is 2.16. The highest BCUT2D eigenvalue weighted by molar-refractivity contribution is 5.86. The van der Waals surface area contributed by atoms with Crippen LogP contribution in [0, 0.1) is 5.92 Å². The molecule has 2 rings (SSSR count). The normalized spacial score (nSPS) is 19.0. The van der Waals surface area contributed by atoms with Crippen molar-refractivity contribution in [1.82, 2.24) is 0 Å². The topological polar surface area (TPSA) is 64.5 Å². The van der Waals surface area contributed by atoms with Gasteiger partial charge < -0.3 is 9.90 Å². The number of carboxylic acids is 1. The monoisotopic (exact) mass is 243 g/mol. The van der Waals surface area contributed by atoms with Crippen LogP contribution < -0.4 is 10.5 Å². The van der Waals surface area contributed by atoms with Crippen molar-refractivity contribution in [2.45, 2.75) is 19.3 Å². The molecule has 18 heavy (non-hydrogen) atoms. The van der Waals surface area contributed by atoms with E-state index in [-0.39, 0.29) is 5.56 Å². The number of benzene rings is 1. The summed E-state index contributed by atoms with van der Waals surface area (Å²) in [5, 5.41) is 14.7. The number of carbonyl (C=O) groups is 1. The molecule has 0 heterocycles. The summed E-state index contributed by atoms with van der Waals surface area (Å²) in [6.07, 6.45) is 9.55. The number of allylic oxidation sites excluding steroid dienone is 2. The lowest BCUT2D eigenvalue weighted by molar-refractivity contribution is -0.255. The summed E-state index contributed by atoms with van der Waals surface area (Å²) >= 11 is 0. The summed E-state index contributed by atoms with van der Waals surface area (Å²) < 4.78 is 0. The molecule has 1 N–H and O–H groups in total. The Balaban J connectivity index is 1.87. The molecule has 1 aliphatic rings. The molecule has 0 unspecified atom stereocenters. The molecule has 1 aromatic carbocycles. The van der Waals surface area contributed by atoms with Gasteiger partial charge in [0.1, 0.15) is 0 Å². The number of hydrogen-bond acceptors (Lipinski definition) is 4. The minimum Gasteiger partial charge on any atom is -0.545 e. The van der Waals surface area contributed by atoms with Gasteiger partial charge in [-0.2, -0.15) is 5.10 Å². The Bertz CT molecular complexity index is 463. The van der Waals surface area contributed by atoms with Crippen LogP contribution >= 0.6 is 0 Å². The van der Waals surface area contributed by atoms with Crippen molar-refractivity contribution in [3.63, 3.8) is 0 Å². The lowest BCUT2D eigenvalue weighted by Gasteiger charge is -2.12. The Labute approximate surface area is 106 Å². The van der Waals surface area contributed by atoms with Crippen LogP contribution in [0.15, 0.2) is 41.5 Å². The maximum atomic E-state index is 10.6. The van der Waals surface area contributed by atoms with Crippen molar-refractivity contribution in [3.8, 4) is 0 Å². The van der Waals surface area contributed by atoms with Crippen molar-refractivity contribution < 1.29 is 9.90 Å². The van der Waals surface area contributed by atoms with Gasteiger partial charge in [-0.25, -0.2) is 0 Å². The van der Waals surface area contributed by atoms with Crippen LogP contribution in [-0.2, 0) is 0 Å². The van der Waals surface area contributed by atoms with Crippen LogP contribution in [0.3, 0.4) is 0 Å². The van der Waals surface area contributed by atoms with Gasteiger partial charge >= 0.3 is 0 Å². The third kappa shape index (κ3) is 3.45. The maximum absolute atomic E-state index is 10.6. The second-order valence-electron chi connectivity index (χ2n) is 4.30. The fourth-order valence-corrected chi connectivity index (χ4v) is 1.85.